The maximum Gasteiger partial charge on any atom is 0.151 e. The van der Waals surface area contributed by atoms with Crippen LogP contribution in [-0.2, 0) is 0 Å². The van der Waals surface area contributed by atoms with E-state index in [1.165, 1.54) is 29.7 Å². The van der Waals surface area contributed by atoms with Gasteiger partial charge in [0.15, 0.2) is 6.29 Å². The van der Waals surface area contributed by atoms with Crippen molar-refractivity contribution in [3.63, 3.8) is 0 Å². The van der Waals surface area contributed by atoms with E-state index in [-0.39, 0.29) is 0 Å². The highest BCUT2D eigenvalue weighted by molar-refractivity contribution is 8.07. The molecule has 5 nitrogen and oxygen atoms in total. The van der Waals surface area contributed by atoms with Crippen LogP contribution in [0.3, 0.4) is 0 Å². The molecule has 0 atom stereocenters. The summed E-state index contributed by atoms with van der Waals surface area (Å²) in [6, 6.07) is 3.47. The molecule has 0 spiro atoms. The molecule has 1 heterocycles. The summed E-state index contributed by atoms with van der Waals surface area (Å²) in [7, 11) is 0. The van der Waals surface area contributed by atoms with E-state index in [9.17, 15) is 4.79 Å². The first-order chi connectivity index (χ1) is 11.0. The van der Waals surface area contributed by atoms with E-state index in [2.05, 4.69) is 28.6 Å². The summed E-state index contributed by atoms with van der Waals surface area (Å²) < 4.78 is 0. The van der Waals surface area contributed by atoms with Crippen LogP contribution in [0.1, 0.15) is 24.2 Å². The number of carbonyl (C=O) groups excluding carboxylic acids is 1. The zero-order valence-corrected chi connectivity index (χ0v) is 14.8. The molecule has 23 heavy (non-hydrogen) atoms. The fraction of sp³-hybridized carbons (Fsp3) is 0.188. The van der Waals surface area contributed by atoms with E-state index in [4.69, 9.17) is 5.73 Å². The Balaban J connectivity index is 2.65. The van der Waals surface area contributed by atoms with Crippen molar-refractivity contribution < 1.29 is 4.79 Å². The summed E-state index contributed by atoms with van der Waals surface area (Å²) in [6.07, 6.45) is 2.28. The van der Waals surface area contributed by atoms with Crippen LogP contribution in [0.15, 0.2) is 56.5 Å². The predicted octanol–water partition coefficient (Wildman–Crippen LogP) is 4.00. The van der Waals surface area contributed by atoms with E-state index in [1.54, 1.807) is 12.1 Å². The van der Waals surface area contributed by atoms with Crippen LogP contribution < -0.4 is 11.1 Å². The Morgan fingerprint density at radius 2 is 2.22 bits per heavy atom. The fourth-order valence-corrected chi connectivity index (χ4v) is 2.96. The van der Waals surface area contributed by atoms with Gasteiger partial charge in [-0.1, -0.05) is 18.3 Å². The van der Waals surface area contributed by atoms with Crippen LogP contribution in [-0.4, -0.2) is 23.9 Å². The average molecular weight is 348 g/mol. The van der Waals surface area contributed by atoms with E-state index in [0.717, 1.165) is 16.1 Å². The molecule has 0 saturated heterocycles. The highest BCUT2D eigenvalue weighted by Crippen LogP contribution is 2.32. The maximum atomic E-state index is 10.6. The molecule has 0 fully saturated rings. The van der Waals surface area contributed by atoms with Crippen molar-refractivity contribution >= 4 is 42.3 Å². The van der Waals surface area contributed by atoms with Crippen molar-refractivity contribution in [1.29, 1.82) is 0 Å². The minimum Gasteiger partial charge on any atom is -0.401 e. The molecule has 0 radical (unpaired) electrons. The van der Waals surface area contributed by atoms with Crippen molar-refractivity contribution in [3.05, 3.63) is 57.1 Å². The number of aldehydes is 1. The predicted molar refractivity (Wildman–Crippen MR) is 103 cm³/mol. The molecular formula is C16H20N4OS2. The van der Waals surface area contributed by atoms with Gasteiger partial charge in [0.2, 0.25) is 0 Å². The SMILES string of the molecule is C=NC(=C\SCNc1ccc(C=O)cn1)/C(SC(=C)C)=C(\C)N. The van der Waals surface area contributed by atoms with Crippen molar-refractivity contribution in [2.24, 2.45) is 10.7 Å². The summed E-state index contributed by atoms with van der Waals surface area (Å²) in [6.45, 7) is 11.2. The number of nitrogens with zero attached hydrogens (tertiary/aromatic N) is 2. The number of aromatic nitrogens is 1. The summed E-state index contributed by atoms with van der Waals surface area (Å²) in [5.41, 5.74) is 7.85. The van der Waals surface area contributed by atoms with E-state index < -0.39 is 0 Å². The van der Waals surface area contributed by atoms with Gasteiger partial charge in [0, 0.05) is 17.5 Å². The Labute approximate surface area is 145 Å². The largest absolute Gasteiger partial charge is 0.401 e. The third kappa shape index (κ3) is 6.75. The second-order valence-electron chi connectivity index (χ2n) is 4.56. The summed E-state index contributed by atoms with van der Waals surface area (Å²) >= 11 is 2.99. The molecule has 0 aliphatic rings. The first-order valence-corrected chi connectivity index (χ1v) is 8.58. The van der Waals surface area contributed by atoms with Gasteiger partial charge in [0.05, 0.1) is 16.5 Å². The fourth-order valence-electron chi connectivity index (χ4n) is 1.49. The number of allylic oxidation sites excluding steroid dienone is 2. The van der Waals surface area contributed by atoms with Gasteiger partial charge >= 0.3 is 0 Å². The number of carbonyl (C=O) groups is 1. The van der Waals surface area contributed by atoms with Crippen LogP contribution >= 0.6 is 23.5 Å². The number of thioether (sulfide) groups is 2. The molecule has 0 aromatic carbocycles. The zero-order valence-electron chi connectivity index (χ0n) is 13.2. The standard InChI is InChI=1S/C16H20N4OS2/c1-11(2)23-16(12(3)17)14(18-4)9-22-10-20-15-6-5-13(8-21)7-19-15/h5-9H,1,4,10,17H2,2-3H3,(H,19,20)/b14-9-,16-12-. The molecule has 0 amide bonds. The van der Waals surface area contributed by atoms with Gasteiger partial charge in [-0.3, -0.25) is 9.79 Å². The second kappa shape index (κ2) is 9.91. The van der Waals surface area contributed by atoms with Crippen molar-refractivity contribution in [2.75, 3.05) is 11.2 Å². The third-order valence-electron chi connectivity index (χ3n) is 2.49. The average Bonchev–Trinajstić information content (AvgIpc) is 2.53. The third-order valence-corrected chi connectivity index (χ3v) is 4.28. The number of aliphatic imine (C=N–C) groups is 1. The molecule has 1 rings (SSSR count). The van der Waals surface area contributed by atoms with Crippen LogP contribution in [0.4, 0.5) is 5.82 Å². The molecule has 0 unspecified atom stereocenters. The number of anilines is 1. The van der Waals surface area contributed by atoms with Gasteiger partial charge in [0.25, 0.3) is 0 Å². The minimum absolute atomic E-state index is 0.547. The molecule has 0 aliphatic heterocycles. The summed E-state index contributed by atoms with van der Waals surface area (Å²) in [5.74, 6) is 1.30. The number of hydrogen-bond donors (Lipinski definition) is 2. The van der Waals surface area contributed by atoms with E-state index >= 15 is 0 Å². The molecule has 0 bridgehead atoms. The Morgan fingerprint density at radius 3 is 2.70 bits per heavy atom. The monoisotopic (exact) mass is 348 g/mol. The lowest BCUT2D eigenvalue weighted by atomic mass is 10.3. The van der Waals surface area contributed by atoms with E-state index in [1.807, 2.05) is 19.3 Å². The normalized spacial score (nSPS) is 12.3. The summed E-state index contributed by atoms with van der Waals surface area (Å²) in [5, 5.41) is 5.03. The van der Waals surface area contributed by atoms with E-state index in [0.29, 0.717) is 28.7 Å². The van der Waals surface area contributed by atoms with Crippen molar-refractivity contribution in [1.82, 2.24) is 4.98 Å². The topological polar surface area (TPSA) is 80.4 Å². The highest BCUT2D eigenvalue weighted by Gasteiger charge is 2.08. The quantitative estimate of drug-likeness (QED) is 0.231. The second-order valence-corrected chi connectivity index (χ2v) is 6.73. The Morgan fingerprint density at radius 1 is 1.48 bits per heavy atom. The number of pyridine rings is 1. The van der Waals surface area contributed by atoms with Crippen LogP contribution in [0.2, 0.25) is 0 Å². The van der Waals surface area contributed by atoms with Gasteiger partial charge in [-0.2, -0.15) is 0 Å². The number of rotatable bonds is 9. The molecule has 1 aromatic rings. The van der Waals surface area contributed by atoms with Crippen LogP contribution in [0, 0.1) is 0 Å². The lowest BCUT2D eigenvalue weighted by Gasteiger charge is -2.10. The van der Waals surface area contributed by atoms with Crippen molar-refractivity contribution in [3.8, 4) is 0 Å². The molecule has 0 saturated carbocycles. The zero-order chi connectivity index (χ0) is 17.2. The van der Waals surface area contributed by atoms with Crippen molar-refractivity contribution in [2.45, 2.75) is 13.8 Å². The van der Waals surface area contributed by atoms with Gasteiger partial charge < -0.3 is 11.1 Å². The van der Waals surface area contributed by atoms with Gasteiger partial charge in [-0.05, 0) is 43.0 Å². The smallest absolute Gasteiger partial charge is 0.151 e. The Hall–Kier alpha value is -1.99. The van der Waals surface area contributed by atoms with Crippen LogP contribution in [0.25, 0.3) is 0 Å². The number of nitrogens with one attached hydrogen (secondary N) is 1. The first kappa shape index (κ1) is 19.1. The molecular weight excluding hydrogens is 328 g/mol. The molecule has 7 heteroatoms. The summed E-state index contributed by atoms with van der Waals surface area (Å²) in [4.78, 5) is 20.5. The van der Waals surface area contributed by atoms with Crippen LogP contribution in [0.5, 0.6) is 0 Å². The maximum absolute atomic E-state index is 10.6. The highest BCUT2D eigenvalue weighted by atomic mass is 32.2. The van der Waals surface area contributed by atoms with Gasteiger partial charge in [0.1, 0.15) is 5.82 Å². The molecule has 3 N–H and O–H groups in total. The minimum atomic E-state index is 0.547. The number of nitrogens with two attached hydrogens (primary N) is 1. The lowest BCUT2D eigenvalue weighted by molar-refractivity contribution is 0.112. The Kier molecular flexibility index (Phi) is 8.21. The van der Waals surface area contributed by atoms with Gasteiger partial charge in [-0.25, -0.2) is 4.98 Å². The molecule has 122 valence electrons. The number of hydrogen-bond acceptors (Lipinski definition) is 7. The van der Waals surface area contributed by atoms with Gasteiger partial charge in [-0.15, -0.1) is 11.8 Å². The first-order valence-electron chi connectivity index (χ1n) is 6.71. The Bertz CT molecular complexity index is 632. The molecule has 0 aliphatic carbocycles. The molecule has 1 aromatic heterocycles. The lowest BCUT2D eigenvalue weighted by Crippen LogP contribution is -2.00.